The molecule has 0 saturated heterocycles. The van der Waals surface area contributed by atoms with Crippen molar-refractivity contribution in [1.29, 1.82) is 0 Å². The smallest absolute Gasteiger partial charge is 0.0940 e. The fourth-order valence-electron chi connectivity index (χ4n) is 4.31. The van der Waals surface area contributed by atoms with Crippen molar-refractivity contribution in [3.05, 3.63) is 83.4 Å². The number of hydrogen-bond acceptors (Lipinski definition) is 1. The summed E-state index contributed by atoms with van der Waals surface area (Å²) < 4.78 is 12.9. The van der Waals surface area contributed by atoms with Gasteiger partial charge in [0.15, 0.2) is 0 Å². The van der Waals surface area contributed by atoms with E-state index in [1.807, 2.05) is 6.08 Å². The first-order chi connectivity index (χ1) is 10.1. The second kappa shape index (κ2) is 3.95. The van der Waals surface area contributed by atoms with E-state index in [1.165, 1.54) is 22.3 Å². The molecule has 2 aromatic rings. The molecule has 0 spiro atoms. The predicted octanol–water partition coefficient (Wildman–Crippen LogP) is 3.89. The number of benzene rings is 2. The summed E-state index contributed by atoms with van der Waals surface area (Å²) in [7, 11) is -1.01. The molecule has 1 aliphatic carbocycles. The van der Waals surface area contributed by atoms with Crippen molar-refractivity contribution in [2.75, 3.05) is 0 Å². The molecule has 2 heterocycles. The molecule has 0 radical (unpaired) electrons. The van der Waals surface area contributed by atoms with Gasteiger partial charge in [0.1, 0.15) is 0 Å². The minimum absolute atomic E-state index is 0.0488. The summed E-state index contributed by atoms with van der Waals surface area (Å²) in [5, 5.41) is -0.0488. The standard InChI is InChI=1S/C19H18OS/c1-4-17-18(2)13-9-5-7-11-15(13)19(3,21(17)20)16-12-8-6-10-14(16)18/h4-12,17H,1H2,2-3H3. The Kier molecular flexibility index (Phi) is 2.45. The van der Waals surface area contributed by atoms with Crippen molar-refractivity contribution in [1.82, 2.24) is 0 Å². The fourth-order valence-corrected chi connectivity index (χ4v) is 6.46. The molecule has 5 rings (SSSR count). The molecule has 0 fully saturated rings. The van der Waals surface area contributed by atoms with Gasteiger partial charge in [-0.2, -0.15) is 0 Å². The summed E-state index contributed by atoms with van der Waals surface area (Å²) in [5.41, 5.74) is 4.77. The van der Waals surface area contributed by atoms with Gasteiger partial charge in [-0.25, -0.2) is 0 Å². The molecule has 2 heteroatoms. The Balaban J connectivity index is 2.22. The molecule has 0 amide bonds. The minimum Gasteiger partial charge on any atom is -0.258 e. The Bertz CT molecular complexity index is 742. The van der Waals surface area contributed by atoms with Gasteiger partial charge >= 0.3 is 0 Å². The topological polar surface area (TPSA) is 17.1 Å². The van der Waals surface area contributed by atoms with E-state index in [9.17, 15) is 4.21 Å². The van der Waals surface area contributed by atoms with Crippen LogP contribution in [0.25, 0.3) is 0 Å². The molecule has 2 unspecified atom stereocenters. The van der Waals surface area contributed by atoms with Crippen molar-refractivity contribution in [2.24, 2.45) is 0 Å². The van der Waals surface area contributed by atoms with Crippen LogP contribution in [0.4, 0.5) is 0 Å². The fraction of sp³-hybridized carbons (Fsp3) is 0.263. The van der Waals surface area contributed by atoms with Crippen LogP contribution in [0.3, 0.4) is 0 Å². The first kappa shape index (κ1) is 13.0. The van der Waals surface area contributed by atoms with Crippen LogP contribution in [0.1, 0.15) is 36.1 Å². The summed E-state index contributed by atoms with van der Waals surface area (Å²) in [4.78, 5) is 0. The van der Waals surface area contributed by atoms with Crippen molar-refractivity contribution in [2.45, 2.75) is 29.3 Å². The van der Waals surface area contributed by atoms with Gasteiger partial charge in [0.25, 0.3) is 0 Å². The highest BCUT2D eigenvalue weighted by Crippen LogP contribution is 2.59. The van der Waals surface area contributed by atoms with Crippen molar-refractivity contribution >= 4 is 10.8 Å². The zero-order valence-electron chi connectivity index (χ0n) is 12.3. The monoisotopic (exact) mass is 294 g/mol. The predicted molar refractivity (Wildman–Crippen MR) is 87.9 cm³/mol. The van der Waals surface area contributed by atoms with Gasteiger partial charge in [0.05, 0.1) is 10.00 Å². The van der Waals surface area contributed by atoms with Crippen LogP contribution < -0.4 is 0 Å². The number of hydrogen-bond donors (Lipinski definition) is 0. The molecule has 2 aromatic carbocycles. The Morgan fingerprint density at radius 3 is 1.81 bits per heavy atom. The summed E-state index contributed by atoms with van der Waals surface area (Å²) in [6.45, 7) is 8.32. The normalized spacial score (nSPS) is 35.9. The number of fused-ring (bicyclic) bond motifs is 1. The Morgan fingerprint density at radius 2 is 1.38 bits per heavy atom. The van der Waals surface area contributed by atoms with E-state index in [-0.39, 0.29) is 10.7 Å². The molecule has 106 valence electrons. The third kappa shape index (κ3) is 1.26. The molecular weight excluding hydrogens is 276 g/mol. The van der Waals surface area contributed by atoms with E-state index in [4.69, 9.17) is 0 Å². The van der Waals surface area contributed by atoms with E-state index in [0.717, 1.165) is 0 Å². The lowest BCUT2D eigenvalue weighted by atomic mass is 9.62. The SMILES string of the molecule is C=CC1S(=O)C2(C)c3ccccc3C1(C)c1ccccc12. The van der Waals surface area contributed by atoms with Crippen molar-refractivity contribution in [3.63, 3.8) is 0 Å². The summed E-state index contributed by atoms with van der Waals surface area (Å²) in [6, 6.07) is 16.9. The van der Waals surface area contributed by atoms with Crippen LogP contribution in [0.5, 0.6) is 0 Å². The lowest BCUT2D eigenvalue weighted by Crippen LogP contribution is -2.57. The van der Waals surface area contributed by atoms with Gasteiger partial charge in [0.2, 0.25) is 0 Å². The van der Waals surface area contributed by atoms with Crippen molar-refractivity contribution in [3.8, 4) is 0 Å². The van der Waals surface area contributed by atoms with E-state index in [0.29, 0.717) is 0 Å². The van der Waals surface area contributed by atoms with E-state index in [2.05, 4.69) is 69.0 Å². The molecule has 0 saturated carbocycles. The first-order valence-corrected chi connectivity index (χ1v) is 8.50. The molecule has 0 aromatic heterocycles. The molecule has 2 atom stereocenters. The lowest BCUT2D eigenvalue weighted by molar-refractivity contribution is 0.489. The summed E-state index contributed by atoms with van der Waals surface area (Å²) >= 11 is 0. The van der Waals surface area contributed by atoms with Crippen LogP contribution in [-0.2, 0) is 21.0 Å². The highest BCUT2D eigenvalue weighted by atomic mass is 32.2. The average Bonchev–Trinajstić information content (AvgIpc) is 2.52. The molecule has 2 aliphatic heterocycles. The highest BCUT2D eigenvalue weighted by Gasteiger charge is 2.60. The Labute approximate surface area is 128 Å². The van der Waals surface area contributed by atoms with Crippen LogP contribution in [0.2, 0.25) is 0 Å². The van der Waals surface area contributed by atoms with Crippen LogP contribution >= 0.6 is 0 Å². The summed E-state index contributed by atoms with van der Waals surface area (Å²) in [6.07, 6.45) is 1.89. The molecular formula is C19H18OS. The maximum absolute atomic E-state index is 13.3. The van der Waals surface area contributed by atoms with Crippen LogP contribution in [0.15, 0.2) is 61.2 Å². The molecule has 3 aliphatic rings. The van der Waals surface area contributed by atoms with E-state index in [1.54, 1.807) is 0 Å². The molecule has 21 heavy (non-hydrogen) atoms. The average molecular weight is 294 g/mol. The van der Waals surface area contributed by atoms with Gasteiger partial charge in [-0.3, -0.25) is 4.21 Å². The minimum atomic E-state index is -1.01. The molecule has 1 nitrogen and oxygen atoms in total. The lowest BCUT2D eigenvalue weighted by Gasteiger charge is -2.55. The maximum Gasteiger partial charge on any atom is 0.0940 e. The third-order valence-electron chi connectivity index (χ3n) is 5.42. The Hall–Kier alpha value is -1.67. The zero-order chi connectivity index (χ0) is 14.8. The van der Waals surface area contributed by atoms with Crippen LogP contribution in [-0.4, -0.2) is 9.46 Å². The van der Waals surface area contributed by atoms with Crippen molar-refractivity contribution < 1.29 is 4.21 Å². The van der Waals surface area contributed by atoms with Gasteiger partial charge in [-0.15, -0.1) is 6.58 Å². The molecule has 0 N–H and O–H groups in total. The van der Waals surface area contributed by atoms with Gasteiger partial charge in [-0.1, -0.05) is 54.6 Å². The maximum atomic E-state index is 13.3. The van der Waals surface area contributed by atoms with E-state index < -0.39 is 15.5 Å². The summed E-state index contributed by atoms with van der Waals surface area (Å²) in [5.74, 6) is 0. The first-order valence-electron chi connectivity index (χ1n) is 7.29. The van der Waals surface area contributed by atoms with Gasteiger partial charge in [-0.05, 0) is 36.1 Å². The van der Waals surface area contributed by atoms with Gasteiger partial charge in [0, 0.05) is 16.2 Å². The highest BCUT2D eigenvalue weighted by molar-refractivity contribution is 7.87. The largest absolute Gasteiger partial charge is 0.258 e. The second-order valence-corrected chi connectivity index (χ2v) is 8.20. The quantitative estimate of drug-likeness (QED) is 0.729. The van der Waals surface area contributed by atoms with Crippen LogP contribution in [0, 0.1) is 0 Å². The second-order valence-electron chi connectivity index (χ2n) is 6.28. The van der Waals surface area contributed by atoms with Gasteiger partial charge < -0.3 is 0 Å². The van der Waals surface area contributed by atoms with E-state index >= 15 is 0 Å². The third-order valence-corrected chi connectivity index (χ3v) is 7.79. The molecule has 2 bridgehead atoms. The number of rotatable bonds is 1. The zero-order valence-corrected chi connectivity index (χ0v) is 13.1. The Morgan fingerprint density at radius 1 is 0.952 bits per heavy atom.